The summed E-state index contributed by atoms with van der Waals surface area (Å²) in [6.45, 7) is 5.38. The third-order valence-electron chi connectivity index (χ3n) is 5.28. The number of hydrogen-bond acceptors (Lipinski definition) is 7. The second-order valence-corrected chi connectivity index (χ2v) is 9.05. The summed E-state index contributed by atoms with van der Waals surface area (Å²) in [7, 11) is 0. The lowest BCUT2D eigenvalue weighted by molar-refractivity contribution is -0.154. The molecule has 0 aliphatic heterocycles. The number of fused-ring (bicyclic) bond motifs is 1. The molecule has 1 amide bonds. The number of carbonyl (C=O) groups excluding carboxylic acids is 2. The highest BCUT2D eigenvalue weighted by atomic mass is 32.1. The Bertz CT molecular complexity index is 1240. The Balaban J connectivity index is 1.41. The molecule has 8 heteroatoms. The fourth-order valence-electron chi connectivity index (χ4n) is 3.54. The van der Waals surface area contributed by atoms with Gasteiger partial charge < -0.3 is 14.5 Å². The number of nitrogens with zero attached hydrogens (tertiary/aromatic N) is 2. The summed E-state index contributed by atoms with van der Waals surface area (Å²) in [6, 6.07) is 16.7. The summed E-state index contributed by atoms with van der Waals surface area (Å²) >= 11 is 1.48. The van der Waals surface area contributed by atoms with Crippen molar-refractivity contribution in [2.45, 2.75) is 39.3 Å². The van der Waals surface area contributed by atoms with Gasteiger partial charge in [-0.1, -0.05) is 62.4 Å². The van der Waals surface area contributed by atoms with Crippen molar-refractivity contribution in [1.29, 1.82) is 0 Å². The first kappa shape index (κ1) is 22.7. The third-order valence-corrected chi connectivity index (χ3v) is 6.14. The van der Waals surface area contributed by atoms with Crippen LogP contribution >= 0.6 is 11.3 Å². The summed E-state index contributed by atoms with van der Waals surface area (Å²) in [6.07, 6.45) is -0.573. The van der Waals surface area contributed by atoms with Gasteiger partial charge in [0.25, 0.3) is 11.8 Å². The van der Waals surface area contributed by atoms with Crippen LogP contribution in [0.25, 0.3) is 21.5 Å². The smallest absolute Gasteiger partial charge is 0.329 e. The van der Waals surface area contributed by atoms with E-state index in [1.807, 2.05) is 73.8 Å². The lowest BCUT2D eigenvalue weighted by Crippen LogP contribution is -2.46. The average Bonchev–Trinajstić information content (AvgIpc) is 3.49. The quantitative estimate of drug-likeness (QED) is 0.372. The van der Waals surface area contributed by atoms with Crippen molar-refractivity contribution in [3.05, 3.63) is 71.4 Å². The first-order valence-corrected chi connectivity index (χ1v) is 11.6. The zero-order valence-electron chi connectivity index (χ0n) is 18.6. The number of carbonyl (C=O) groups is 2. The second kappa shape index (κ2) is 9.95. The first-order valence-electron chi connectivity index (χ1n) is 10.8. The van der Waals surface area contributed by atoms with Crippen LogP contribution in [0.1, 0.15) is 38.3 Å². The van der Waals surface area contributed by atoms with Gasteiger partial charge in [0, 0.05) is 0 Å². The standard InChI is InChI=1S/C25H25N3O4S/c1-15(2)22(26-21(29)14-18-10-6-9-17-8-4-5-11-19(17)18)25(30)31-16(3)23-27-28-24(32-23)20-12-7-13-33-20/h4-13,15-16,22H,14H2,1-3H3,(H,26,29)/t16-,22-/m1/s1. The number of ether oxygens (including phenoxy) is 1. The number of nitrogens with one attached hydrogen (secondary N) is 1. The van der Waals surface area contributed by atoms with Crippen molar-refractivity contribution in [2.24, 2.45) is 5.92 Å². The van der Waals surface area contributed by atoms with Crippen LogP contribution in [-0.2, 0) is 20.7 Å². The fourth-order valence-corrected chi connectivity index (χ4v) is 4.18. The minimum absolute atomic E-state index is 0.162. The highest BCUT2D eigenvalue weighted by molar-refractivity contribution is 7.13. The molecule has 0 saturated heterocycles. The Kier molecular flexibility index (Phi) is 6.84. The number of thiophene rings is 1. The van der Waals surface area contributed by atoms with Crippen molar-refractivity contribution in [3.8, 4) is 10.8 Å². The van der Waals surface area contributed by atoms with Gasteiger partial charge in [-0.25, -0.2) is 4.79 Å². The topological polar surface area (TPSA) is 94.3 Å². The van der Waals surface area contributed by atoms with E-state index in [2.05, 4.69) is 15.5 Å². The molecule has 4 rings (SSSR count). The molecule has 1 N–H and O–H groups in total. The summed E-state index contributed by atoms with van der Waals surface area (Å²) in [5, 5.41) is 14.9. The molecule has 0 spiro atoms. The number of aromatic nitrogens is 2. The molecule has 0 bridgehead atoms. The molecular weight excluding hydrogens is 438 g/mol. The molecule has 2 aromatic carbocycles. The number of esters is 1. The molecule has 33 heavy (non-hydrogen) atoms. The van der Waals surface area contributed by atoms with E-state index < -0.39 is 18.1 Å². The van der Waals surface area contributed by atoms with Crippen molar-refractivity contribution < 1.29 is 18.7 Å². The molecule has 2 heterocycles. The van der Waals surface area contributed by atoms with Crippen molar-refractivity contribution >= 4 is 34.0 Å². The lowest BCUT2D eigenvalue weighted by atomic mass is 10.0. The molecule has 170 valence electrons. The molecule has 0 unspecified atom stereocenters. The van der Waals surface area contributed by atoms with Gasteiger partial charge in [0.1, 0.15) is 6.04 Å². The molecule has 2 aromatic heterocycles. The summed E-state index contributed by atoms with van der Waals surface area (Å²) < 4.78 is 11.2. The van der Waals surface area contributed by atoms with Gasteiger partial charge in [0.15, 0.2) is 6.10 Å². The van der Waals surface area contributed by atoms with E-state index in [1.165, 1.54) is 11.3 Å². The number of benzene rings is 2. The Morgan fingerprint density at radius 3 is 2.58 bits per heavy atom. The van der Waals surface area contributed by atoms with E-state index in [-0.39, 0.29) is 24.1 Å². The van der Waals surface area contributed by atoms with Crippen LogP contribution in [0.4, 0.5) is 0 Å². The van der Waals surface area contributed by atoms with Crippen LogP contribution in [-0.4, -0.2) is 28.1 Å². The van der Waals surface area contributed by atoms with Crippen LogP contribution in [0.3, 0.4) is 0 Å². The molecule has 7 nitrogen and oxygen atoms in total. The van der Waals surface area contributed by atoms with Crippen LogP contribution in [0, 0.1) is 5.92 Å². The molecule has 4 aromatic rings. The number of amides is 1. The first-order chi connectivity index (χ1) is 15.9. The fraction of sp³-hybridized carbons (Fsp3) is 0.280. The molecule has 0 radical (unpaired) electrons. The van der Waals surface area contributed by atoms with E-state index in [0.29, 0.717) is 5.89 Å². The van der Waals surface area contributed by atoms with E-state index in [1.54, 1.807) is 6.92 Å². The SMILES string of the molecule is CC(C)[C@@H](NC(=O)Cc1cccc2ccccc12)C(=O)O[C@H](C)c1nnc(-c2cccs2)o1. The number of hydrogen-bond donors (Lipinski definition) is 1. The second-order valence-electron chi connectivity index (χ2n) is 8.11. The van der Waals surface area contributed by atoms with Gasteiger partial charge >= 0.3 is 5.97 Å². The van der Waals surface area contributed by atoms with Gasteiger partial charge in [-0.05, 0) is 40.6 Å². The summed E-state index contributed by atoms with van der Waals surface area (Å²) in [4.78, 5) is 26.5. The average molecular weight is 464 g/mol. The maximum Gasteiger partial charge on any atom is 0.329 e. The Morgan fingerprint density at radius 1 is 1.03 bits per heavy atom. The largest absolute Gasteiger partial charge is 0.451 e. The number of rotatable bonds is 8. The normalized spacial score (nSPS) is 13.1. The Morgan fingerprint density at radius 2 is 1.82 bits per heavy atom. The van der Waals surface area contributed by atoms with Crippen molar-refractivity contribution in [3.63, 3.8) is 0 Å². The molecule has 0 aliphatic carbocycles. The Labute approximate surface area is 195 Å². The van der Waals surface area contributed by atoms with Crippen molar-refractivity contribution in [2.75, 3.05) is 0 Å². The van der Waals surface area contributed by atoms with Gasteiger partial charge in [-0.2, -0.15) is 0 Å². The molecule has 0 aliphatic rings. The molecular formula is C25H25N3O4S. The highest BCUT2D eigenvalue weighted by Gasteiger charge is 2.29. The van der Waals surface area contributed by atoms with E-state index in [9.17, 15) is 9.59 Å². The predicted octanol–water partition coefficient (Wildman–Crippen LogP) is 4.94. The Hall–Kier alpha value is -3.52. The monoisotopic (exact) mass is 463 g/mol. The zero-order valence-corrected chi connectivity index (χ0v) is 19.5. The molecule has 0 fully saturated rings. The van der Waals surface area contributed by atoms with Gasteiger partial charge in [-0.3, -0.25) is 4.79 Å². The lowest BCUT2D eigenvalue weighted by Gasteiger charge is -2.22. The van der Waals surface area contributed by atoms with E-state index in [4.69, 9.17) is 9.15 Å². The zero-order chi connectivity index (χ0) is 23.4. The van der Waals surface area contributed by atoms with E-state index in [0.717, 1.165) is 21.2 Å². The molecule has 0 saturated carbocycles. The van der Waals surface area contributed by atoms with Gasteiger partial charge in [-0.15, -0.1) is 21.5 Å². The summed E-state index contributed by atoms with van der Waals surface area (Å²) in [5.74, 6) is -0.361. The summed E-state index contributed by atoms with van der Waals surface area (Å²) in [5.41, 5.74) is 0.904. The van der Waals surface area contributed by atoms with Crippen LogP contribution in [0.5, 0.6) is 0 Å². The molecule has 2 atom stereocenters. The maximum atomic E-state index is 12.9. The minimum atomic E-state index is -0.797. The van der Waals surface area contributed by atoms with Gasteiger partial charge in [0.05, 0.1) is 11.3 Å². The third kappa shape index (κ3) is 5.28. The maximum absolute atomic E-state index is 12.9. The van der Waals surface area contributed by atoms with Crippen LogP contribution in [0.2, 0.25) is 0 Å². The minimum Gasteiger partial charge on any atom is -0.451 e. The highest BCUT2D eigenvalue weighted by Crippen LogP contribution is 2.26. The van der Waals surface area contributed by atoms with E-state index >= 15 is 0 Å². The van der Waals surface area contributed by atoms with Crippen LogP contribution < -0.4 is 5.32 Å². The van der Waals surface area contributed by atoms with Gasteiger partial charge in [0.2, 0.25) is 5.91 Å². The van der Waals surface area contributed by atoms with Crippen LogP contribution in [0.15, 0.2) is 64.4 Å². The predicted molar refractivity (Wildman–Crippen MR) is 127 cm³/mol. The van der Waals surface area contributed by atoms with Crippen molar-refractivity contribution in [1.82, 2.24) is 15.5 Å².